The van der Waals surface area contributed by atoms with Crippen LogP contribution in [-0.4, -0.2) is 45.5 Å². The van der Waals surface area contributed by atoms with Gasteiger partial charge in [-0.2, -0.15) is 5.10 Å². The van der Waals surface area contributed by atoms with Crippen molar-refractivity contribution in [3.63, 3.8) is 0 Å². The third-order valence-electron chi connectivity index (χ3n) is 6.17. The van der Waals surface area contributed by atoms with E-state index in [1.165, 1.54) is 17.7 Å². The van der Waals surface area contributed by atoms with Crippen LogP contribution in [0.15, 0.2) is 42.6 Å². The first-order valence-electron chi connectivity index (χ1n) is 11.0. The van der Waals surface area contributed by atoms with Gasteiger partial charge in [-0.25, -0.2) is 4.98 Å². The van der Waals surface area contributed by atoms with Crippen molar-refractivity contribution < 1.29 is 9.59 Å². The molecule has 0 fully saturated rings. The van der Waals surface area contributed by atoms with E-state index in [1.54, 1.807) is 29.1 Å². The molecule has 1 aliphatic heterocycles. The molecule has 0 saturated carbocycles. The molecule has 0 radical (unpaired) electrons. The minimum absolute atomic E-state index is 0.0516. The molecule has 1 aromatic carbocycles. The second-order valence-corrected chi connectivity index (χ2v) is 8.41. The van der Waals surface area contributed by atoms with Crippen molar-refractivity contribution in [2.24, 2.45) is 0 Å². The maximum Gasteiger partial charge on any atom is 0.255 e. The number of aromatic amines is 1. The molecule has 2 N–H and O–H groups in total. The lowest BCUT2D eigenvalue weighted by atomic mass is 9.96. The van der Waals surface area contributed by atoms with E-state index in [4.69, 9.17) is 0 Å². The Morgan fingerprint density at radius 1 is 1.19 bits per heavy atom. The Bertz CT molecular complexity index is 1160. The summed E-state index contributed by atoms with van der Waals surface area (Å²) in [5.41, 5.74) is 5.48. The molecular formula is C24H26N6O2. The third kappa shape index (κ3) is 3.84. The molecule has 5 rings (SSSR count). The molecule has 8 heteroatoms. The average molecular weight is 431 g/mol. The Hall–Kier alpha value is -3.68. The van der Waals surface area contributed by atoms with Gasteiger partial charge in [-0.05, 0) is 42.9 Å². The fourth-order valence-corrected chi connectivity index (χ4v) is 4.44. The Morgan fingerprint density at radius 3 is 2.84 bits per heavy atom. The summed E-state index contributed by atoms with van der Waals surface area (Å²) in [7, 11) is 1.77. The fourth-order valence-electron chi connectivity index (χ4n) is 4.44. The summed E-state index contributed by atoms with van der Waals surface area (Å²) in [5, 5.41) is 10.6. The summed E-state index contributed by atoms with van der Waals surface area (Å²) in [6.45, 7) is 1.06. The van der Waals surface area contributed by atoms with Gasteiger partial charge < -0.3 is 15.1 Å². The number of amides is 2. The summed E-state index contributed by atoms with van der Waals surface area (Å²) in [4.78, 5) is 33.6. The highest BCUT2D eigenvalue weighted by Gasteiger charge is 2.27. The lowest BCUT2D eigenvalue weighted by molar-refractivity contribution is -0.117. The van der Waals surface area contributed by atoms with E-state index in [2.05, 4.69) is 20.5 Å². The van der Waals surface area contributed by atoms with Gasteiger partial charge in [0.2, 0.25) is 5.91 Å². The van der Waals surface area contributed by atoms with Crippen LogP contribution in [0.25, 0.3) is 0 Å². The van der Waals surface area contributed by atoms with E-state index < -0.39 is 0 Å². The number of nitrogens with one attached hydrogen (secondary N) is 2. The lowest BCUT2D eigenvalue weighted by Crippen LogP contribution is -2.40. The molecule has 0 unspecified atom stereocenters. The van der Waals surface area contributed by atoms with E-state index in [-0.39, 0.29) is 18.4 Å². The third-order valence-corrected chi connectivity index (χ3v) is 6.17. The first kappa shape index (κ1) is 20.2. The van der Waals surface area contributed by atoms with E-state index in [0.29, 0.717) is 30.2 Å². The van der Waals surface area contributed by atoms with Gasteiger partial charge in [-0.1, -0.05) is 30.3 Å². The lowest BCUT2D eigenvalue weighted by Gasteiger charge is -2.30. The highest BCUT2D eigenvalue weighted by molar-refractivity contribution is 6.04. The predicted octanol–water partition coefficient (Wildman–Crippen LogP) is 2.91. The number of hydrogen-bond donors (Lipinski definition) is 2. The molecule has 1 aliphatic carbocycles. The van der Waals surface area contributed by atoms with Gasteiger partial charge in [-0.15, -0.1) is 0 Å². The Balaban J connectivity index is 1.38. The Morgan fingerprint density at radius 2 is 2.00 bits per heavy atom. The maximum absolute atomic E-state index is 13.2. The molecule has 2 amide bonds. The van der Waals surface area contributed by atoms with Gasteiger partial charge in [0.15, 0.2) is 5.82 Å². The molecule has 2 aromatic heterocycles. The van der Waals surface area contributed by atoms with Gasteiger partial charge >= 0.3 is 0 Å². The molecule has 164 valence electrons. The smallest absolute Gasteiger partial charge is 0.255 e. The highest BCUT2D eigenvalue weighted by Crippen LogP contribution is 2.30. The summed E-state index contributed by atoms with van der Waals surface area (Å²) in [6, 6.07) is 11.6. The van der Waals surface area contributed by atoms with Gasteiger partial charge in [0.05, 0.1) is 36.6 Å². The molecule has 3 aromatic rings. The fraction of sp³-hybridized carbons (Fsp3) is 0.333. The maximum atomic E-state index is 13.2. The zero-order valence-corrected chi connectivity index (χ0v) is 18.1. The van der Waals surface area contributed by atoms with Crippen molar-refractivity contribution in [1.82, 2.24) is 20.1 Å². The first-order valence-corrected chi connectivity index (χ1v) is 11.0. The van der Waals surface area contributed by atoms with Crippen molar-refractivity contribution >= 4 is 23.3 Å². The number of hydrogen-bond acceptors (Lipinski definition) is 5. The van der Waals surface area contributed by atoms with Crippen molar-refractivity contribution in [3.05, 3.63) is 70.7 Å². The second-order valence-electron chi connectivity index (χ2n) is 8.41. The second kappa shape index (κ2) is 8.45. The quantitative estimate of drug-likeness (QED) is 0.649. The van der Waals surface area contributed by atoms with Crippen LogP contribution in [0.4, 0.5) is 11.5 Å². The van der Waals surface area contributed by atoms with Crippen molar-refractivity contribution in [2.45, 2.75) is 38.8 Å². The monoisotopic (exact) mass is 430 g/mol. The van der Waals surface area contributed by atoms with Crippen LogP contribution in [0, 0.1) is 0 Å². The number of pyridine rings is 1. The molecule has 0 bridgehead atoms. The van der Waals surface area contributed by atoms with Crippen LogP contribution in [0.2, 0.25) is 0 Å². The number of nitrogens with zero attached hydrogens (tertiary/aromatic N) is 4. The van der Waals surface area contributed by atoms with Gasteiger partial charge in [0, 0.05) is 18.9 Å². The van der Waals surface area contributed by atoms with E-state index in [1.807, 2.05) is 30.3 Å². The molecule has 0 atom stereocenters. The number of carbonyl (C=O) groups is 2. The van der Waals surface area contributed by atoms with Gasteiger partial charge in [0.25, 0.3) is 5.91 Å². The largest absolute Gasteiger partial charge is 0.359 e. The molecule has 0 spiro atoms. The van der Waals surface area contributed by atoms with Crippen LogP contribution < -0.4 is 10.2 Å². The van der Waals surface area contributed by atoms with Crippen LogP contribution in [0.5, 0.6) is 0 Å². The molecule has 8 nitrogen and oxygen atoms in total. The number of aryl methyl sites for hydroxylation is 1. The van der Waals surface area contributed by atoms with Crippen LogP contribution in [0.3, 0.4) is 0 Å². The van der Waals surface area contributed by atoms with Crippen molar-refractivity contribution in [2.75, 3.05) is 23.8 Å². The molecule has 3 heterocycles. The van der Waals surface area contributed by atoms with Crippen molar-refractivity contribution in [3.8, 4) is 0 Å². The summed E-state index contributed by atoms with van der Waals surface area (Å²) >= 11 is 0. The molecule has 2 aliphatic rings. The van der Waals surface area contributed by atoms with Crippen LogP contribution in [0.1, 0.15) is 45.7 Å². The molecule has 32 heavy (non-hydrogen) atoms. The average Bonchev–Trinajstić information content (AvgIpc) is 3.23. The Labute approximate surface area is 186 Å². The number of rotatable bonds is 5. The number of fused-ring (bicyclic) bond motifs is 2. The standard InChI is InChI=1S/C24H26N6O2/c1-29(15-20-18-9-5-6-10-19(18)27-28-20)24(32)17-11-21-23(25-12-17)26-13-22(31)30(21)14-16-7-3-2-4-8-16/h2-4,7-8,11-12H,5-6,9-10,13-15H2,1H3,(H,25,26)(H,27,28). The summed E-state index contributed by atoms with van der Waals surface area (Å²) in [5.74, 6) is 0.413. The van der Waals surface area contributed by atoms with Crippen LogP contribution >= 0.6 is 0 Å². The first-order chi connectivity index (χ1) is 15.6. The van der Waals surface area contributed by atoms with E-state index in [0.717, 1.165) is 30.5 Å². The zero-order chi connectivity index (χ0) is 22.1. The SMILES string of the molecule is CN(Cc1n[nH]c2c1CCCC2)C(=O)c1cnc2c(c1)N(Cc1ccccc1)C(=O)CN2. The molecule has 0 saturated heterocycles. The number of anilines is 2. The summed E-state index contributed by atoms with van der Waals surface area (Å²) in [6.07, 6.45) is 5.93. The van der Waals surface area contributed by atoms with Crippen molar-refractivity contribution in [1.29, 1.82) is 0 Å². The normalized spacial score (nSPS) is 15.0. The van der Waals surface area contributed by atoms with E-state index >= 15 is 0 Å². The predicted molar refractivity (Wildman–Crippen MR) is 121 cm³/mol. The van der Waals surface area contributed by atoms with Gasteiger partial charge in [0.1, 0.15) is 0 Å². The number of benzene rings is 1. The number of aromatic nitrogens is 3. The van der Waals surface area contributed by atoms with Crippen LogP contribution in [-0.2, 0) is 30.7 Å². The minimum atomic E-state index is -0.148. The molecular weight excluding hydrogens is 404 g/mol. The number of H-pyrrole nitrogens is 1. The number of carbonyl (C=O) groups excluding carboxylic acids is 2. The minimum Gasteiger partial charge on any atom is -0.359 e. The zero-order valence-electron chi connectivity index (χ0n) is 18.1. The highest BCUT2D eigenvalue weighted by atomic mass is 16.2. The topological polar surface area (TPSA) is 94.2 Å². The Kier molecular flexibility index (Phi) is 5.34. The summed E-state index contributed by atoms with van der Waals surface area (Å²) < 4.78 is 0. The van der Waals surface area contributed by atoms with E-state index in [9.17, 15) is 9.59 Å². The van der Waals surface area contributed by atoms with Gasteiger partial charge in [-0.3, -0.25) is 14.7 Å².